The van der Waals surface area contributed by atoms with E-state index in [1.165, 1.54) is 5.56 Å². The van der Waals surface area contributed by atoms with Gasteiger partial charge in [-0.1, -0.05) is 31.5 Å². The highest BCUT2D eigenvalue weighted by Gasteiger charge is 2.17. The first kappa shape index (κ1) is 16.8. The molecule has 1 aromatic carbocycles. The van der Waals surface area contributed by atoms with Crippen molar-refractivity contribution < 1.29 is 4.74 Å². The van der Waals surface area contributed by atoms with E-state index in [1.807, 2.05) is 6.07 Å². The molecule has 0 N–H and O–H groups in total. The lowest BCUT2D eigenvalue weighted by molar-refractivity contribution is 0.128. The van der Waals surface area contributed by atoms with E-state index in [0.29, 0.717) is 6.42 Å². The van der Waals surface area contributed by atoms with Crippen LogP contribution in [0, 0.1) is 11.3 Å². The fraction of sp³-hybridized carbons (Fsp3) is 0.611. The van der Waals surface area contributed by atoms with Gasteiger partial charge in [0.2, 0.25) is 0 Å². The maximum Gasteiger partial charge on any atom is 0.123 e. The molecule has 0 amide bonds. The minimum atomic E-state index is 0.633. The van der Waals surface area contributed by atoms with Gasteiger partial charge >= 0.3 is 0 Å². The normalized spacial score (nSPS) is 16.4. The molecule has 0 saturated carbocycles. The molecule has 1 saturated heterocycles. The number of para-hydroxylation sites is 1. The predicted molar refractivity (Wildman–Crippen MR) is 88.8 cm³/mol. The van der Waals surface area contributed by atoms with Crippen molar-refractivity contribution in [2.24, 2.45) is 0 Å². The number of piperazine rings is 1. The van der Waals surface area contributed by atoms with Gasteiger partial charge in [-0.05, 0) is 12.5 Å². The number of hydrogen-bond acceptors (Lipinski definition) is 4. The third-order valence-corrected chi connectivity index (χ3v) is 4.13. The van der Waals surface area contributed by atoms with Gasteiger partial charge in [0.05, 0.1) is 12.7 Å². The summed E-state index contributed by atoms with van der Waals surface area (Å²) in [4.78, 5) is 4.86. The van der Waals surface area contributed by atoms with Gasteiger partial charge in [0, 0.05) is 51.3 Å². The first-order chi connectivity index (χ1) is 10.8. The monoisotopic (exact) mass is 301 g/mol. The molecule has 0 radical (unpaired) electrons. The van der Waals surface area contributed by atoms with Crippen LogP contribution in [-0.4, -0.2) is 49.1 Å². The smallest absolute Gasteiger partial charge is 0.123 e. The third kappa shape index (κ3) is 5.32. The Bertz CT molecular complexity index is 475. The standard InChI is InChI=1S/C18H27N3O/c1-2-3-15-22-18-8-5-4-7-17(18)16-21-13-11-20(12-14-21)10-6-9-19/h4-5,7-8H,2-3,6,10-16H2,1H3. The van der Waals surface area contributed by atoms with Crippen LogP contribution in [0.5, 0.6) is 5.75 Å². The van der Waals surface area contributed by atoms with Crippen LogP contribution in [-0.2, 0) is 6.54 Å². The molecule has 0 unspecified atom stereocenters. The lowest BCUT2D eigenvalue weighted by atomic mass is 10.1. The Kier molecular flexibility index (Phi) is 7.21. The summed E-state index contributed by atoms with van der Waals surface area (Å²) in [6.45, 7) is 9.08. The van der Waals surface area contributed by atoms with E-state index in [2.05, 4.69) is 41.0 Å². The Hall–Kier alpha value is -1.57. The Balaban J connectivity index is 1.83. The van der Waals surface area contributed by atoms with Crippen molar-refractivity contribution in [3.05, 3.63) is 29.8 Å². The molecule has 4 nitrogen and oxygen atoms in total. The predicted octanol–water partition coefficient (Wildman–Crippen LogP) is 2.90. The molecule has 4 heteroatoms. The van der Waals surface area contributed by atoms with Crippen molar-refractivity contribution in [2.45, 2.75) is 32.7 Å². The zero-order valence-electron chi connectivity index (χ0n) is 13.6. The summed E-state index contributed by atoms with van der Waals surface area (Å²) in [6.07, 6.45) is 2.90. The second-order valence-electron chi connectivity index (χ2n) is 5.84. The molecule has 0 bridgehead atoms. The summed E-state index contributed by atoms with van der Waals surface area (Å²) in [6, 6.07) is 10.6. The highest BCUT2D eigenvalue weighted by atomic mass is 16.5. The molecule has 1 heterocycles. The molecular formula is C18H27N3O. The van der Waals surface area contributed by atoms with E-state index in [0.717, 1.165) is 64.5 Å². The van der Waals surface area contributed by atoms with E-state index in [4.69, 9.17) is 10.00 Å². The number of rotatable bonds is 8. The fourth-order valence-electron chi connectivity index (χ4n) is 2.72. The fourth-order valence-corrected chi connectivity index (χ4v) is 2.72. The van der Waals surface area contributed by atoms with Gasteiger partial charge in [-0.15, -0.1) is 0 Å². The number of benzene rings is 1. The molecule has 1 aliphatic rings. The van der Waals surface area contributed by atoms with Gasteiger partial charge in [-0.25, -0.2) is 0 Å². The highest BCUT2D eigenvalue weighted by Crippen LogP contribution is 2.21. The average molecular weight is 301 g/mol. The van der Waals surface area contributed by atoms with Gasteiger partial charge < -0.3 is 4.74 Å². The SMILES string of the molecule is CCCCOc1ccccc1CN1CCN(CCC#N)CC1. The molecule has 0 aliphatic carbocycles. The molecule has 1 aromatic rings. The lowest BCUT2D eigenvalue weighted by Gasteiger charge is -2.34. The van der Waals surface area contributed by atoms with E-state index in [1.54, 1.807) is 0 Å². The van der Waals surface area contributed by atoms with Crippen LogP contribution in [0.1, 0.15) is 31.7 Å². The van der Waals surface area contributed by atoms with Crippen LogP contribution in [0.4, 0.5) is 0 Å². The summed E-state index contributed by atoms with van der Waals surface area (Å²) >= 11 is 0. The second-order valence-corrected chi connectivity index (χ2v) is 5.84. The first-order valence-electron chi connectivity index (χ1n) is 8.36. The lowest BCUT2D eigenvalue weighted by Crippen LogP contribution is -2.46. The van der Waals surface area contributed by atoms with E-state index in [-0.39, 0.29) is 0 Å². The number of nitriles is 1. The summed E-state index contributed by atoms with van der Waals surface area (Å²) in [5.74, 6) is 1.03. The molecular weight excluding hydrogens is 274 g/mol. The maximum atomic E-state index is 8.66. The van der Waals surface area contributed by atoms with Crippen LogP contribution in [0.3, 0.4) is 0 Å². The maximum absolute atomic E-state index is 8.66. The molecule has 0 spiro atoms. The molecule has 1 fully saturated rings. The van der Waals surface area contributed by atoms with Crippen molar-refractivity contribution in [1.82, 2.24) is 9.80 Å². The Labute approximate surface area is 134 Å². The summed E-state index contributed by atoms with van der Waals surface area (Å²) in [7, 11) is 0. The molecule has 22 heavy (non-hydrogen) atoms. The molecule has 0 atom stereocenters. The van der Waals surface area contributed by atoms with Crippen molar-refractivity contribution >= 4 is 0 Å². The topological polar surface area (TPSA) is 39.5 Å². The molecule has 1 aliphatic heterocycles. The Morgan fingerprint density at radius 1 is 1.14 bits per heavy atom. The van der Waals surface area contributed by atoms with Crippen LogP contribution in [0.25, 0.3) is 0 Å². The van der Waals surface area contributed by atoms with Crippen LogP contribution >= 0.6 is 0 Å². The van der Waals surface area contributed by atoms with Crippen LogP contribution in [0.15, 0.2) is 24.3 Å². The van der Waals surface area contributed by atoms with E-state index >= 15 is 0 Å². The molecule has 0 aromatic heterocycles. The zero-order valence-corrected chi connectivity index (χ0v) is 13.6. The zero-order chi connectivity index (χ0) is 15.6. The quantitative estimate of drug-likeness (QED) is 0.692. The molecule has 2 rings (SSSR count). The van der Waals surface area contributed by atoms with Crippen molar-refractivity contribution in [1.29, 1.82) is 5.26 Å². The number of hydrogen-bond donors (Lipinski definition) is 0. The van der Waals surface area contributed by atoms with Gasteiger partial charge in [0.25, 0.3) is 0 Å². The molecule has 120 valence electrons. The van der Waals surface area contributed by atoms with Crippen molar-refractivity contribution in [2.75, 3.05) is 39.3 Å². The van der Waals surface area contributed by atoms with E-state index < -0.39 is 0 Å². The first-order valence-corrected chi connectivity index (χ1v) is 8.36. The Morgan fingerprint density at radius 2 is 1.86 bits per heavy atom. The van der Waals surface area contributed by atoms with Gasteiger partial charge in [0.1, 0.15) is 5.75 Å². The van der Waals surface area contributed by atoms with Gasteiger partial charge in [0.15, 0.2) is 0 Å². The minimum Gasteiger partial charge on any atom is -0.493 e. The number of unbranched alkanes of at least 4 members (excludes halogenated alkanes) is 1. The van der Waals surface area contributed by atoms with Crippen molar-refractivity contribution in [3.63, 3.8) is 0 Å². The Morgan fingerprint density at radius 3 is 2.59 bits per heavy atom. The van der Waals surface area contributed by atoms with E-state index in [9.17, 15) is 0 Å². The van der Waals surface area contributed by atoms with Crippen molar-refractivity contribution in [3.8, 4) is 11.8 Å². The second kappa shape index (κ2) is 9.45. The van der Waals surface area contributed by atoms with Gasteiger partial charge in [-0.3, -0.25) is 9.80 Å². The highest BCUT2D eigenvalue weighted by molar-refractivity contribution is 5.33. The summed E-state index contributed by atoms with van der Waals surface area (Å²) in [5.41, 5.74) is 1.28. The van der Waals surface area contributed by atoms with Crippen LogP contribution in [0.2, 0.25) is 0 Å². The van der Waals surface area contributed by atoms with Gasteiger partial charge in [-0.2, -0.15) is 5.26 Å². The minimum absolute atomic E-state index is 0.633. The summed E-state index contributed by atoms with van der Waals surface area (Å²) < 4.78 is 5.92. The summed E-state index contributed by atoms with van der Waals surface area (Å²) in [5, 5.41) is 8.66. The number of nitrogens with zero attached hydrogens (tertiary/aromatic N) is 3. The third-order valence-electron chi connectivity index (χ3n) is 4.13. The average Bonchev–Trinajstić information content (AvgIpc) is 2.56. The van der Waals surface area contributed by atoms with Crippen LogP contribution < -0.4 is 4.74 Å². The number of ether oxygens (including phenoxy) is 1. The largest absolute Gasteiger partial charge is 0.493 e.